The van der Waals surface area contributed by atoms with Gasteiger partial charge in [-0.05, 0) is 73.5 Å². The lowest BCUT2D eigenvalue weighted by molar-refractivity contribution is 0.123. The lowest BCUT2D eigenvalue weighted by Gasteiger charge is -2.35. The number of piperidine rings is 1. The first-order chi connectivity index (χ1) is 11.9. The Balaban J connectivity index is 1.35. The summed E-state index contributed by atoms with van der Waals surface area (Å²) in [4.78, 5) is 6.86. The van der Waals surface area contributed by atoms with Crippen molar-refractivity contribution < 1.29 is 4.74 Å². The van der Waals surface area contributed by atoms with E-state index in [1.165, 1.54) is 55.2 Å². The van der Waals surface area contributed by atoms with Crippen LogP contribution in [0.25, 0.3) is 0 Å². The molecule has 1 aromatic carbocycles. The van der Waals surface area contributed by atoms with Crippen LogP contribution in [0.4, 0.5) is 0 Å². The summed E-state index contributed by atoms with van der Waals surface area (Å²) >= 11 is 0. The standard InChI is InChI=1S/C21H26N2O/c1-2-12-23(21(8-1)19-7-4-11-22-16-19)13-14-24-20-10-9-17-5-3-6-18(17)15-20/h4,7,9-11,15-16,21H,1-3,5-6,8,12-14H2/t21-/m0/s1. The molecule has 0 spiro atoms. The number of rotatable bonds is 5. The molecule has 1 aliphatic heterocycles. The third-order valence-corrected chi connectivity index (χ3v) is 5.40. The van der Waals surface area contributed by atoms with E-state index in [9.17, 15) is 0 Å². The van der Waals surface area contributed by atoms with Gasteiger partial charge in [0, 0.05) is 25.0 Å². The summed E-state index contributed by atoms with van der Waals surface area (Å²) in [5.41, 5.74) is 4.34. The van der Waals surface area contributed by atoms with Gasteiger partial charge in [0.25, 0.3) is 0 Å². The third kappa shape index (κ3) is 3.46. The first-order valence-electron chi connectivity index (χ1n) is 9.29. The Morgan fingerprint density at radius 2 is 2.04 bits per heavy atom. The number of aromatic nitrogens is 1. The fourth-order valence-electron chi connectivity index (χ4n) is 4.13. The summed E-state index contributed by atoms with van der Waals surface area (Å²) in [5, 5.41) is 0. The molecule has 24 heavy (non-hydrogen) atoms. The highest BCUT2D eigenvalue weighted by Crippen LogP contribution is 2.30. The molecule has 0 radical (unpaired) electrons. The summed E-state index contributed by atoms with van der Waals surface area (Å²) in [5.74, 6) is 1.03. The van der Waals surface area contributed by atoms with Gasteiger partial charge in [0.15, 0.2) is 0 Å². The van der Waals surface area contributed by atoms with Crippen molar-refractivity contribution in [2.24, 2.45) is 0 Å². The molecule has 0 saturated carbocycles. The van der Waals surface area contributed by atoms with E-state index in [1.54, 1.807) is 0 Å². The molecule has 0 N–H and O–H groups in total. The molecule has 2 aliphatic rings. The van der Waals surface area contributed by atoms with Crippen molar-refractivity contribution in [1.82, 2.24) is 9.88 Å². The van der Waals surface area contributed by atoms with E-state index in [4.69, 9.17) is 4.74 Å². The molecule has 1 aliphatic carbocycles. The maximum atomic E-state index is 6.06. The SMILES string of the molecule is c1cncc([C@@H]2CCCCN2CCOc2ccc3c(c2)CCC3)c1. The average molecular weight is 322 g/mol. The van der Waals surface area contributed by atoms with Gasteiger partial charge in [0.05, 0.1) is 0 Å². The highest BCUT2D eigenvalue weighted by molar-refractivity contribution is 5.38. The van der Waals surface area contributed by atoms with Crippen LogP contribution in [0.2, 0.25) is 0 Å². The van der Waals surface area contributed by atoms with Crippen molar-refractivity contribution in [2.75, 3.05) is 19.7 Å². The molecule has 126 valence electrons. The van der Waals surface area contributed by atoms with Crippen LogP contribution >= 0.6 is 0 Å². The monoisotopic (exact) mass is 322 g/mol. The van der Waals surface area contributed by atoms with E-state index >= 15 is 0 Å². The van der Waals surface area contributed by atoms with E-state index in [-0.39, 0.29) is 0 Å². The zero-order valence-electron chi connectivity index (χ0n) is 14.3. The number of aryl methyl sites for hydroxylation is 2. The predicted molar refractivity (Wildman–Crippen MR) is 96.4 cm³/mol. The van der Waals surface area contributed by atoms with Crippen LogP contribution in [-0.2, 0) is 12.8 Å². The second-order valence-electron chi connectivity index (χ2n) is 6.97. The van der Waals surface area contributed by atoms with Crippen LogP contribution in [0.15, 0.2) is 42.7 Å². The summed E-state index contributed by atoms with van der Waals surface area (Å²) in [6.45, 7) is 2.90. The van der Waals surface area contributed by atoms with Gasteiger partial charge in [-0.25, -0.2) is 0 Å². The Morgan fingerprint density at radius 1 is 1.08 bits per heavy atom. The van der Waals surface area contributed by atoms with Crippen molar-refractivity contribution in [1.29, 1.82) is 0 Å². The fourth-order valence-corrected chi connectivity index (χ4v) is 4.13. The highest BCUT2D eigenvalue weighted by Gasteiger charge is 2.23. The van der Waals surface area contributed by atoms with Crippen LogP contribution in [0.3, 0.4) is 0 Å². The maximum Gasteiger partial charge on any atom is 0.119 e. The van der Waals surface area contributed by atoms with Gasteiger partial charge in [-0.15, -0.1) is 0 Å². The minimum absolute atomic E-state index is 0.496. The van der Waals surface area contributed by atoms with Crippen molar-refractivity contribution in [3.05, 3.63) is 59.4 Å². The van der Waals surface area contributed by atoms with Gasteiger partial charge in [-0.2, -0.15) is 0 Å². The molecule has 4 rings (SSSR count). The highest BCUT2D eigenvalue weighted by atomic mass is 16.5. The Morgan fingerprint density at radius 3 is 2.96 bits per heavy atom. The van der Waals surface area contributed by atoms with E-state index in [1.807, 2.05) is 18.5 Å². The molecule has 1 aromatic heterocycles. The van der Waals surface area contributed by atoms with Gasteiger partial charge in [0.2, 0.25) is 0 Å². The van der Waals surface area contributed by atoms with Crippen molar-refractivity contribution >= 4 is 0 Å². The number of likely N-dealkylation sites (tertiary alicyclic amines) is 1. The summed E-state index contributed by atoms with van der Waals surface area (Å²) < 4.78 is 6.06. The largest absolute Gasteiger partial charge is 0.492 e. The molecule has 1 saturated heterocycles. The molecular formula is C21H26N2O. The van der Waals surface area contributed by atoms with Crippen LogP contribution < -0.4 is 4.74 Å². The van der Waals surface area contributed by atoms with Gasteiger partial charge in [-0.1, -0.05) is 18.6 Å². The summed E-state index contributed by atoms with van der Waals surface area (Å²) in [7, 11) is 0. The molecule has 2 aromatic rings. The Labute approximate surface area is 144 Å². The molecule has 3 heteroatoms. The minimum atomic E-state index is 0.496. The number of nitrogens with zero attached hydrogens (tertiary/aromatic N) is 2. The molecular weight excluding hydrogens is 296 g/mol. The average Bonchev–Trinajstić information content (AvgIpc) is 3.11. The van der Waals surface area contributed by atoms with Crippen molar-refractivity contribution in [3.8, 4) is 5.75 Å². The topological polar surface area (TPSA) is 25.4 Å². The first kappa shape index (κ1) is 15.6. The first-order valence-corrected chi connectivity index (χ1v) is 9.29. The fraction of sp³-hybridized carbons (Fsp3) is 0.476. The van der Waals surface area contributed by atoms with E-state index in [2.05, 4.69) is 34.1 Å². The van der Waals surface area contributed by atoms with Crippen LogP contribution in [0, 0.1) is 0 Å². The van der Waals surface area contributed by atoms with E-state index in [0.29, 0.717) is 6.04 Å². The smallest absolute Gasteiger partial charge is 0.119 e. The van der Waals surface area contributed by atoms with Crippen molar-refractivity contribution in [2.45, 2.75) is 44.6 Å². The second-order valence-corrected chi connectivity index (χ2v) is 6.97. The normalized spacial score (nSPS) is 20.8. The number of ether oxygens (including phenoxy) is 1. The summed E-state index contributed by atoms with van der Waals surface area (Å²) in [6.07, 6.45) is 11.4. The number of benzene rings is 1. The van der Waals surface area contributed by atoms with Crippen LogP contribution in [0.1, 0.15) is 48.4 Å². The molecule has 1 atom stereocenters. The van der Waals surface area contributed by atoms with E-state index in [0.717, 1.165) is 25.4 Å². The van der Waals surface area contributed by atoms with Crippen LogP contribution in [-0.4, -0.2) is 29.6 Å². The van der Waals surface area contributed by atoms with Gasteiger partial charge < -0.3 is 4.74 Å². The molecule has 0 unspecified atom stereocenters. The number of hydrogen-bond acceptors (Lipinski definition) is 3. The number of fused-ring (bicyclic) bond motifs is 1. The zero-order valence-corrected chi connectivity index (χ0v) is 14.3. The third-order valence-electron chi connectivity index (χ3n) is 5.40. The Kier molecular flexibility index (Phi) is 4.79. The molecule has 1 fully saturated rings. The lowest BCUT2D eigenvalue weighted by Crippen LogP contribution is -2.36. The molecule has 0 amide bonds. The van der Waals surface area contributed by atoms with Crippen molar-refractivity contribution in [3.63, 3.8) is 0 Å². The Bertz CT molecular complexity index is 671. The second kappa shape index (κ2) is 7.35. The van der Waals surface area contributed by atoms with Gasteiger partial charge in [0.1, 0.15) is 12.4 Å². The van der Waals surface area contributed by atoms with Gasteiger partial charge >= 0.3 is 0 Å². The number of hydrogen-bond donors (Lipinski definition) is 0. The molecule has 0 bridgehead atoms. The molecule has 3 nitrogen and oxygen atoms in total. The molecule has 2 heterocycles. The Hall–Kier alpha value is -1.87. The summed E-state index contributed by atoms with van der Waals surface area (Å²) in [6, 6.07) is 11.4. The maximum absolute atomic E-state index is 6.06. The van der Waals surface area contributed by atoms with E-state index < -0.39 is 0 Å². The lowest BCUT2D eigenvalue weighted by atomic mass is 9.96. The van der Waals surface area contributed by atoms with Crippen LogP contribution in [0.5, 0.6) is 5.75 Å². The minimum Gasteiger partial charge on any atom is -0.492 e. The zero-order chi connectivity index (χ0) is 16.2. The predicted octanol–water partition coefficient (Wildman–Crippen LogP) is 4.18. The van der Waals surface area contributed by atoms with Gasteiger partial charge in [-0.3, -0.25) is 9.88 Å². The quantitative estimate of drug-likeness (QED) is 0.826. The number of pyridine rings is 1.